The molecule has 0 spiro atoms. The second-order valence-corrected chi connectivity index (χ2v) is 6.53. The van der Waals surface area contributed by atoms with Gasteiger partial charge in [0.15, 0.2) is 5.11 Å². The molecule has 0 saturated heterocycles. The number of thiazole rings is 1. The number of hydrogen-bond acceptors (Lipinski definition) is 3. The van der Waals surface area contributed by atoms with Gasteiger partial charge < -0.3 is 10.6 Å². The van der Waals surface area contributed by atoms with Crippen molar-refractivity contribution in [3.8, 4) is 11.3 Å². The Balaban J connectivity index is 2.05. The monoisotopic (exact) mass is 305 g/mol. The Morgan fingerprint density at radius 3 is 2.85 bits per heavy atom. The van der Waals surface area contributed by atoms with E-state index in [1.165, 1.54) is 0 Å². The van der Waals surface area contributed by atoms with Crippen LogP contribution < -0.4 is 10.6 Å². The van der Waals surface area contributed by atoms with E-state index in [1.807, 2.05) is 19.1 Å². The number of hydrogen-bond donors (Lipinski definition) is 2. The van der Waals surface area contributed by atoms with Crippen molar-refractivity contribution in [2.75, 3.05) is 11.9 Å². The zero-order valence-corrected chi connectivity index (χ0v) is 13.6. The van der Waals surface area contributed by atoms with E-state index < -0.39 is 0 Å². The number of aryl methyl sites for hydroxylation is 1. The lowest BCUT2D eigenvalue weighted by Gasteiger charge is -2.12. The largest absolute Gasteiger partial charge is 0.362 e. The number of thiocarbonyl (C=S) groups is 1. The molecular formula is C15H19N3S2. The van der Waals surface area contributed by atoms with E-state index in [0.717, 1.165) is 28.5 Å². The molecule has 2 aromatic rings. The van der Waals surface area contributed by atoms with Crippen molar-refractivity contribution < 1.29 is 0 Å². The summed E-state index contributed by atoms with van der Waals surface area (Å²) in [4.78, 5) is 4.50. The quantitative estimate of drug-likeness (QED) is 0.835. The molecule has 0 bridgehead atoms. The minimum Gasteiger partial charge on any atom is -0.362 e. The summed E-state index contributed by atoms with van der Waals surface area (Å²) in [7, 11) is 0. The maximum absolute atomic E-state index is 5.28. The first-order valence-corrected chi connectivity index (χ1v) is 7.91. The molecule has 0 radical (unpaired) electrons. The Kier molecular flexibility index (Phi) is 5.09. The van der Waals surface area contributed by atoms with Gasteiger partial charge >= 0.3 is 0 Å². The maximum Gasteiger partial charge on any atom is 0.170 e. The molecule has 20 heavy (non-hydrogen) atoms. The lowest BCUT2D eigenvalue weighted by molar-refractivity contribution is 0.627. The van der Waals surface area contributed by atoms with Crippen LogP contribution in [0.5, 0.6) is 0 Å². The molecule has 1 heterocycles. The summed E-state index contributed by atoms with van der Waals surface area (Å²) in [6, 6.07) is 8.14. The van der Waals surface area contributed by atoms with Crippen molar-refractivity contribution in [2.45, 2.75) is 20.8 Å². The summed E-state index contributed by atoms with van der Waals surface area (Å²) in [6.45, 7) is 7.19. The van der Waals surface area contributed by atoms with Gasteiger partial charge in [-0.1, -0.05) is 26.0 Å². The Morgan fingerprint density at radius 1 is 1.40 bits per heavy atom. The number of anilines is 1. The average Bonchev–Trinajstić information content (AvgIpc) is 2.83. The van der Waals surface area contributed by atoms with Gasteiger partial charge in [-0.25, -0.2) is 4.98 Å². The van der Waals surface area contributed by atoms with Crippen LogP contribution in [-0.4, -0.2) is 16.6 Å². The zero-order valence-electron chi connectivity index (χ0n) is 11.9. The maximum atomic E-state index is 5.28. The Labute approximate surface area is 129 Å². The smallest absolute Gasteiger partial charge is 0.170 e. The summed E-state index contributed by atoms with van der Waals surface area (Å²) in [5.41, 5.74) is 3.10. The fourth-order valence-corrected chi connectivity index (χ4v) is 2.55. The van der Waals surface area contributed by atoms with Crippen molar-refractivity contribution in [2.24, 2.45) is 5.92 Å². The van der Waals surface area contributed by atoms with E-state index in [1.54, 1.807) is 11.3 Å². The van der Waals surface area contributed by atoms with Gasteiger partial charge in [0, 0.05) is 23.2 Å². The van der Waals surface area contributed by atoms with Crippen LogP contribution in [0.2, 0.25) is 0 Å². The first-order chi connectivity index (χ1) is 9.54. The van der Waals surface area contributed by atoms with Crippen molar-refractivity contribution in [3.63, 3.8) is 0 Å². The molecule has 3 nitrogen and oxygen atoms in total. The molecule has 2 rings (SSSR count). The van der Waals surface area contributed by atoms with E-state index in [4.69, 9.17) is 12.2 Å². The Hall–Kier alpha value is -1.46. The third kappa shape index (κ3) is 4.28. The third-order valence-corrected chi connectivity index (χ3v) is 3.73. The van der Waals surface area contributed by atoms with Crippen LogP contribution in [0, 0.1) is 12.8 Å². The van der Waals surface area contributed by atoms with Gasteiger partial charge in [0.25, 0.3) is 0 Å². The summed E-state index contributed by atoms with van der Waals surface area (Å²) < 4.78 is 0. The molecule has 2 N–H and O–H groups in total. The van der Waals surface area contributed by atoms with Gasteiger partial charge in [-0.15, -0.1) is 11.3 Å². The van der Waals surface area contributed by atoms with Crippen molar-refractivity contribution >= 4 is 34.4 Å². The number of nitrogens with one attached hydrogen (secondary N) is 2. The highest BCUT2D eigenvalue weighted by Gasteiger charge is 2.04. The third-order valence-electron chi connectivity index (χ3n) is 2.71. The second kappa shape index (κ2) is 6.81. The lowest BCUT2D eigenvalue weighted by Crippen LogP contribution is -2.31. The molecule has 0 unspecified atom stereocenters. The van der Waals surface area contributed by atoms with Gasteiger partial charge in [0.1, 0.15) is 0 Å². The predicted molar refractivity (Wildman–Crippen MR) is 91.3 cm³/mol. The average molecular weight is 305 g/mol. The van der Waals surface area contributed by atoms with Crippen LogP contribution in [0.3, 0.4) is 0 Å². The summed E-state index contributed by atoms with van der Waals surface area (Å²) in [5.74, 6) is 0.569. The molecule has 0 saturated carbocycles. The highest BCUT2D eigenvalue weighted by molar-refractivity contribution is 7.80. The number of aromatic nitrogens is 1. The van der Waals surface area contributed by atoms with Gasteiger partial charge in [0.05, 0.1) is 10.7 Å². The summed E-state index contributed by atoms with van der Waals surface area (Å²) in [6.07, 6.45) is 0. The minimum atomic E-state index is 0.569. The topological polar surface area (TPSA) is 37.0 Å². The minimum absolute atomic E-state index is 0.569. The zero-order chi connectivity index (χ0) is 14.5. The van der Waals surface area contributed by atoms with Gasteiger partial charge in [-0.05, 0) is 37.2 Å². The first-order valence-electron chi connectivity index (χ1n) is 6.62. The molecule has 0 aliphatic carbocycles. The molecule has 0 aliphatic rings. The fourth-order valence-electron chi connectivity index (χ4n) is 1.72. The van der Waals surface area contributed by atoms with Crippen molar-refractivity contribution in [1.82, 2.24) is 10.3 Å². The highest BCUT2D eigenvalue weighted by Crippen LogP contribution is 2.24. The lowest BCUT2D eigenvalue weighted by atomic mass is 10.1. The second-order valence-electron chi connectivity index (χ2n) is 5.06. The van der Waals surface area contributed by atoms with Crippen LogP contribution in [0.1, 0.15) is 18.9 Å². The van der Waals surface area contributed by atoms with E-state index in [-0.39, 0.29) is 0 Å². The van der Waals surface area contributed by atoms with Crippen molar-refractivity contribution in [1.29, 1.82) is 0 Å². The van der Waals surface area contributed by atoms with Gasteiger partial charge in [0.2, 0.25) is 0 Å². The summed E-state index contributed by atoms with van der Waals surface area (Å²) in [5, 5.41) is 10.2. The number of benzene rings is 1. The van der Waals surface area contributed by atoms with Crippen LogP contribution in [-0.2, 0) is 0 Å². The fraction of sp³-hybridized carbons (Fsp3) is 0.333. The first kappa shape index (κ1) is 14.9. The molecule has 0 aliphatic heterocycles. The van der Waals surface area contributed by atoms with E-state index in [2.05, 4.69) is 47.0 Å². The predicted octanol–water partition coefficient (Wildman–Crippen LogP) is 4.06. The SMILES string of the molecule is Cc1nc(-c2cccc(NC(=S)NCC(C)C)c2)cs1. The van der Waals surface area contributed by atoms with E-state index in [0.29, 0.717) is 11.0 Å². The molecular weight excluding hydrogens is 286 g/mol. The van der Waals surface area contributed by atoms with Crippen molar-refractivity contribution in [3.05, 3.63) is 34.7 Å². The Morgan fingerprint density at radius 2 is 2.20 bits per heavy atom. The van der Waals surface area contributed by atoms with Gasteiger partial charge in [-0.2, -0.15) is 0 Å². The standard InChI is InChI=1S/C15H19N3S2/c1-10(2)8-16-15(19)18-13-6-4-5-12(7-13)14-9-20-11(3)17-14/h4-7,9-10H,8H2,1-3H3,(H2,16,18,19). The highest BCUT2D eigenvalue weighted by atomic mass is 32.1. The normalized spacial score (nSPS) is 10.6. The van der Waals surface area contributed by atoms with Crippen LogP contribution in [0.25, 0.3) is 11.3 Å². The van der Waals surface area contributed by atoms with Crippen LogP contribution in [0.4, 0.5) is 5.69 Å². The molecule has 0 atom stereocenters. The molecule has 5 heteroatoms. The van der Waals surface area contributed by atoms with E-state index >= 15 is 0 Å². The molecule has 0 fully saturated rings. The molecule has 0 amide bonds. The molecule has 1 aromatic heterocycles. The summed E-state index contributed by atoms with van der Waals surface area (Å²) >= 11 is 6.94. The number of rotatable bonds is 4. The van der Waals surface area contributed by atoms with Crippen LogP contribution in [0.15, 0.2) is 29.6 Å². The number of nitrogens with zero attached hydrogens (tertiary/aromatic N) is 1. The van der Waals surface area contributed by atoms with E-state index in [9.17, 15) is 0 Å². The Bertz CT molecular complexity index is 590. The molecule has 1 aromatic carbocycles. The molecule has 106 valence electrons. The van der Waals surface area contributed by atoms with Gasteiger partial charge in [-0.3, -0.25) is 0 Å². The van der Waals surface area contributed by atoms with Crippen LogP contribution >= 0.6 is 23.6 Å².